The molecule has 1 atom stereocenters. The topological polar surface area (TPSA) is 105 Å². The van der Waals surface area contributed by atoms with Crippen molar-refractivity contribution in [1.29, 1.82) is 5.26 Å². The second-order valence-electron chi connectivity index (χ2n) is 9.09. The summed E-state index contributed by atoms with van der Waals surface area (Å²) in [4.78, 5) is 12.4. The fraction of sp³-hybridized carbons (Fsp3) is 0.481. The Hall–Kier alpha value is -2.79. The molecule has 0 bridgehead atoms. The molecule has 2 aromatic carbocycles. The highest BCUT2D eigenvalue weighted by molar-refractivity contribution is 5.69. The van der Waals surface area contributed by atoms with Gasteiger partial charge in [0.25, 0.3) is 0 Å². The molecule has 1 unspecified atom stereocenters. The van der Waals surface area contributed by atoms with Crippen molar-refractivity contribution in [3.05, 3.63) is 70.5 Å². The van der Waals surface area contributed by atoms with Gasteiger partial charge in [0.2, 0.25) is 0 Å². The van der Waals surface area contributed by atoms with Gasteiger partial charge in [0.15, 0.2) is 0 Å². The number of halogens is 1. The predicted molar refractivity (Wildman–Crippen MR) is 128 cm³/mol. The lowest BCUT2D eigenvalue weighted by Crippen LogP contribution is -2.30. The predicted octanol–water partition coefficient (Wildman–Crippen LogP) is 4.42. The van der Waals surface area contributed by atoms with E-state index in [1.807, 2.05) is 25.1 Å². The van der Waals surface area contributed by atoms with Crippen molar-refractivity contribution in [2.45, 2.75) is 57.2 Å². The van der Waals surface area contributed by atoms with Crippen molar-refractivity contribution in [2.24, 2.45) is 5.92 Å². The second-order valence-corrected chi connectivity index (χ2v) is 9.09. The van der Waals surface area contributed by atoms with Gasteiger partial charge in [0.1, 0.15) is 11.4 Å². The third-order valence-corrected chi connectivity index (χ3v) is 6.27. The molecule has 0 saturated heterocycles. The quantitative estimate of drug-likeness (QED) is 0.528. The molecular formula is C27H35FN2O4. The van der Waals surface area contributed by atoms with Gasteiger partial charge in [-0.05, 0) is 87.3 Å². The number of hydrogen-bond donors (Lipinski definition) is 3. The third-order valence-electron chi connectivity index (χ3n) is 6.27. The molecule has 0 heterocycles. The van der Waals surface area contributed by atoms with Crippen molar-refractivity contribution in [2.75, 3.05) is 20.6 Å². The van der Waals surface area contributed by atoms with E-state index in [2.05, 4.69) is 0 Å². The standard InChI is InChI=1S/C20H23FN2O2.C7H12O2/c1-23(2)11-3-10-20(25,17-5-7-18(21)8-6-17)19-9-4-15(13-22)12-16(19)14-24;8-7(9)6-4-2-1-3-5-6/h4-9,12,24-25H,3,10-11,14H2,1-2H3;6H,1-5H2,(H,8,9). The number of aliphatic hydroxyl groups excluding tert-OH is 1. The molecule has 0 aliphatic heterocycles. The van der Waals surface area contributed by atoms with E-state index in [0.717, 1.165) is 32.2 Å². The minimum atomic E-state index is -1.37. The van der Waals surface area contributed by atoms with Gasteiger partial charge in [-0.1, -0.05) is 37.5 Å². The average molecular weight is 471 g/mol. The third kappa shape index (κ3) is 7.63. The molecule has 2 aromatic rings. The van der Waals surface area contributed by atoms with Crippen molar-refractivity contribution < 1.29 is 24.5 Å². The first-order chi connectivity index (χ1) is 16.2. The molecule has 184 valence electrons. The number of carbonyl (C=O) groups is 1. The van der Waals surface area contributed by atoms with Crippen LogP contribution in [0.2, 0.25) is 0 Å². The van der Waals surface area contributed by atoms with Crippen LogP contribution in [-0.4, -0.2) is 46.8 Å². The van der Waals surface area contributed by atoms with Crippen LogP contribution in [0.25, 0.3) is 0 Å². The Kier molecular flexibility index (Phi) is 10.6. The van der Waals surface area contributed by atoms with E-state index < -0.39 is 11.6 Å². The maximum atomic E-state index is 13.3. The zero-order chi connectivity index (χ0) is 25.1. The SMILES string of the molecule is CN(C)CCCC(O)(c1ccc(F)cc1)c1ccc(C#N)cc1CO.O=C(O)C1CCCCC1. The van der Waals surface area contributed by atoms with Crippen molar-refractivity contribution in [3.63, 3.8) is 0 Å². The number of nitriles is 1. The maximum absolute atomic E-state index is 13.3. The first kappa shape index (κ1) is 27.5. The molecule has 1 aliphatic rings. The molecule has 3 N–H and O–H groups in total. The van der Waals surface area contributed by atoms with Crippen LogP contribution in [0.3, 0.4) is 0 Å². The summed E-state index contributed by atoms with van der Waals surface area (Å²) in [7, 11) is 3.91. The van der Waals surface area contributed by atoms with Gasteiger partial charge in [-0.2, -0.15) is 5.26 Å². The lowest BCUT2D eigenvalue weighted by molar-refractivity contribution is -0.142. The summed E-state index contributed by atoms with van der Waals surface area (Å²) in [6, 6.07) is 12.7. The number of carboxylic acids is 1. The zero-order valence-electron chi connectivity index (χ0n) is 20.0. The monoisotopic (exact) mass is 470 g/mol. The van der Waals surface area contributed by atoms with Gasteiger partial charge in [0.05, 0.1) is 24.2 Å². The van der Waals surface area contributed by atoms with Gasteiger partial charge in [-0.15, -0.1) is 0 Å². The summed E-state index contributed by atoms with van der Waals surface area (Å²) in [6.07, 6.45) is 6.36. The maximum Gasteiger partial charge on any atom is 0.306 e. The van der Waals surface area contributed by atoms with Crippen LogP contribution in [0.15, 0.2) is 42.5 Å². The van der Waals surface area contributed by atoms with E-state index >= 15 is 0 Å². The fourth-order valence-corrected chi connectivity index (χ4v) is 4.36. The second kappa shape index (κ2) is 13.2. The Morgan fingerprint density at radius 1 is 1.15 bits per heavy atom. The first-order valence-corrected chi connectivity index (χ1v) is 11.7. The molecule has 7 heteroatoms. The fourth-order valence-electron chi connectivity index (χ4n) is 4.36. The van der Waals surface area contributed by atoms with Gasteiger partial charge in [0, 0.05) is 0 Å². The summed E-state index contributed by atoms with van der Waals surface area (Å²) >= 11 is 0. The zero-order valence-corrected chi connectivity index (χ0v) is 20.0. The lowest BCUT2D eigenvalue weighted by atomic mass is 9.80. The van der Waals surface area contributed by atoms with Crippen molar-refractivity contribution in [1.82, 2.24) is 4.90 Å². The van der Waals surface area contributed by atoms with Crippen LogP contribution in [0.5, 0.6) is 0 Å². The molecule has 1 fully saturated rings. The molecule has 0 radical (unpaired) electrons. The molecule has 6 nitrogen and oxygen atoms in total. The summed E-state index contributed by atoms with van der Waals surface area (Å²) in [5.41, 5.74) is 0.653. The van der Waals surface area contributed by atoms with Gasteiger partial charge in [-0.25, -0.2) is 4.39 Å². The van der Waals surface area contributed by atoms with E-state index in [9.17, 15) is 19.4 Å². The normalized spacial score (nSPS) is 15.7. The van der Waals surface area contributed by atoms with Crippen molar-refractivity contribution in [3.8, 4) is 6.07 Å². The molecule has 3 rings (SSSR count). The molecule has 34 heavy (non-hydrogen) atoms. The van der Waals surface area contributed by atoms with E-state index in [4.69, 9.17) is 10.4 Å². The Bertz CT molecular complexity index is 966. The lowest BCUT2D eigenvalue weighted by Gasteiger charge is -2.32. The Morgan fingerprint density at radius 3 is 2.29 bits per heavy atom. The highest BCUT2D eigenvalue weighted by Crippen LogP contribution is 2.37. The highest BCUT2D eigenvalue weighted by atomic mass is 19.1. The van der Waals surface area contributed by atoms with Crippen LogP contribution in [0.4, 0.5) is 4.39 Å². The summed E-state index contributed by atoms with van der Waals surface area (Å²) in [6.45, 7) is 0.496. The molecule has 0 aromatic heterocycles. The van der Waals surface area contributed by atoms with E-state index in [1.54, 1.807) is 30.3 Å². The average Bonchev–Trinajstić information content (AvgIpc) is 2.84. The van der Waals surface area contributed by atoms with Crippen LogP contribution in [0, 0.1) is 23.1 Å². The number of carboxylic acid groups (broad SMARTS) is 1. The minimum Gasteiger partial charge on any atom is -0.481 e. The number of rotatable bonds is 8. The van der Waals surface area contributed by atoms with E-state index in [1.165, 1.54) is 18.6 Å². The van der Waals surface area contributed by atoms with Crippen LogP contribution in [-0.2, 0) is 17.0 Å². The van der Waals surface area contributed by atoms with E-state index in [-0.39, 0.29) is 18.3 Å². The number of nitrogens with zero attached hydrogens (tertiary/aromatic N) is 2. The highest BCUT2D eigenvalue weighted by Gasteiger charge is 2.33. The summed E-state index contributed by atoms with van der Waals surface area (Å²) in [5.74, 6) is -1.00. The summed E-state index contributed by atoms with van der Waals surface area (Å²) < 4.78 is 13.3. The Morgan fingerprint density at radius 2 is 1.79 bits per heavy atom. The number of benzene rings is 2. The smallest absolute Gasteiger partial charge is 0.306 e. The van der Waals surface area contributed by atoms with Crippen molar-refractivity contribution >= 4 is 5.97 Å². The minimum absolute atomic E-state index is 0.0289. The molecule has 1 aliphatic carbocycles. The first-order valence-electron chi connectivity index (χ1n) is 11.7. The molecular weight excluding hydrogens is 435 g/mol. The van der Waals surface area contributed by atoms with Crippen LogP contribution >= 0.6 is 0 Å². The Labute approximate surface area is 201 Å². The van der Waals surface area contributed by atoms with Gasteiger partial charge >= 0.3 is 5.97 Å². The van der Waals surface area contributed by atoms with Gasteiger partial charge in [-0.3, -0.25) is 4.79 Å². The Balaban J connectivity index is 0.000000379. The number of hydrogen-bond acceptors (Lipinski definition) is 5. The largest absolute Gasteiger partial charge is 0.481 e. The van der Waals surface area contributed by atoms with Crippen LogP contribution in [0.1, 0.15) is 67.2 Å². The van der Waals surface area contributed by atoms with E-state index in [0.29, 0.717) is 35.1 Å². The van der Waals surface area contributed by atoms with Crippen LogP contribution < -0.4 is 0 Å². The number of aliphatic carboxylic acids is 1. The molecule has 0 spiro atoms. The molecule has 1 saturated carbocycles. The molecule has 0 amide bonds. The van der Waals surface area contributed by atoms with Gasteiger partial charge < -0.3 is 20.2 Å². The number of aliphatic hydroxyl groups is 2. The summed E-state index contributed by atoms with van der Waals surface area (Å²) in [5, 5.41) is 38.8.